The van der Waals surface area contributed by atoms with Gasteiger partial charge < -0.3 is 14.9 Å². The Balaban J connectivity index is 1.46. The Labute approximate surface area is 174 Å². The lowest BCUT2D eigenvalue weighted by Gasteiger charge is -2.31. The highest BCUT2D eigenvalue weighted by molar-refractivity contribution is 6.42. The second-order valence-corrected chi connectivity index (χ2v) is 8.19. The van der Waals surface area contributed by atoms with Gasteiger partial charge in [0.15, 0.2) is 0 Å². The Morgan fingerprint density at radius 1 is 1.21 bits per heavy atom. The Hall–Kier alpha value is -1.79. The fraction of sp³-hybridized carbons (Fsp3) is 0.381. The van der Waals surface area contributed by atoms with Crippen molar-refractivity contribution in [2.75, 3.05) is 38.1 Å². The third-order valence-electron chi connectivity index (χ3n) is 5.54. The Morgan fingerprint density at radius 3 is 2.64 bits per heavy atom. The number of aromatic amines is 1. The molecule has 1 aliphatic rings. The standard InChI is InChI=1S/C21H24Cl2N4O/c1-26(10-11-27-8-6-16(28)7-9-27)15-4-2-14(3-5-15)17-12-19(22)18-13-24-25-21(18)20(17)23/h2-5,12-13,16,28H,6-11H2,1H3,(H,24,25). The predicted molar refractivity (Wildman–Crippen MR) is 117 cm³/mol. The number of aliphatic hydroxyl groups is 1. The van der Waals surface area contributed by atoms with Gasteiger partial charge in [-0.1, -0.05) is 35.3 Å². The summed E-state index contributed by atoms with van der Waals surface area (Å²) in [6.07, 6.45) is 3.39. The highest BCUT2D eigenvalue weighted by Crippen LogP contribution is 2.38. The number of benzene rings is 2. The number of hydrogen-bond donors (Lipinski definition) is 2. The lowest BCUT2D eigenvalue weighted by Crippen LogP contribution is -2.40. The summed E-state index contributed by atoms with van der Waals surface area (Å²) >= 11 is 12.9. The molecule has 0 amide bonds. The van der Waals surface area contributed by atoms with Gasteiger partial charge in [-0.3, -0.25) is 5.10 Å². The monoisotopic (exact) mass is 418 g/mol. The van der Waals surface area contributed by atoms with Gasteiger partial charge in [-0.05, 0) is 36.6 Å². The quantitative estimate of drug-likeness (QED) is 0.643. The molecule has 0 spiro atoms. The number of nitrogens with zero attached hydrogens (tertiary/aromatic N) is 3. The molecule has 1 saturated heterocycles. The number of H-pyrrole nitrogens is 1. The van der Waals surface area contributed by atoms with Gasteiger partial charge in [-0.15, -0.1) is 0 Å². The van der Waals surface area contributed by atoms with Gasteiger partial charge in [0.25, 0.3) is 0 Å². The van der Waals surface area contributed by atoms with Crippen molar-refractivity contribution >= 4 is 39.8 Å². The molecule has 2 heterocycles. The first-order chi connectivity index (χ1) is 13.5. The zero-order valence-electron chi connectivity index (χ0n) is 15.8. The third-order valence-corrected chi connectivity index (χ3v) is 6.24. The van der Waals surface area contributed by atoms with Crippen LogP contribution in [0.25, 0.3) is 22.0 Å². The smallest absolute Gasteiger partial charge is 0.113 e. The molecule has 0 radical (unpaired) electrons. The van der Waals surface area contributed by atoms with Crippen LogP contribution in [0.4, 0.5) is 5.69 Å². The van der Waals surface area contributed by atoms with Crippen molar-refractivity contribution in [3.63, 3.8) is 0 Å². The van der Waals surface area contributed by atoms with E-state index < -0.39 is 0 Å². The molecule has 0 saturated carbocycles. The highest BCUT2D eigenvalue weighted by Gasteiger charge is 2.17. The van der Waals surface area contributed by atoms with E-state index in [1.54, 1.807) is 6.20 Å². The summed E-state index contributed by atoms with van der Waals surface area (Å²) in [6, 6.07) is 10.2. The summed E-state index contributed by atoms with van der Waals surface area (Å²) < 4.78 is 0. The van der Waals surface area contributed by atoms with Crippen molar-refractivity contribution in [3.8, 4) is 11.1 Å². The fourth-order valence-corrected chi connectivity index (χ4v) is 4.26. The number of nitrogens with one attached hydrogen (secondary N) is 1. The van der Waals surface area contributed by atoms with Crippen molar-refractivity contribution in [3.05, 3.63) is 46.6 Å². The van der Waals surface area contributed by atoms with E-state index in [2.05, 4.69) is 51.3 Å². The molecule has 148 valence electrons. The number of aromatic nitrogens is 2. The molecular formula is C21H24Cl2N4O. The zero-order valence-corrected chi connectivity index (χ0v) is 17.3. The van der Waals surface area contributed by atoms with E-state index in [1.165, 1.54) is 0 Å². The minimum absolute atomic E-state index is 0.123. The number of likely N-dealkylation sites (N-methyl/N-ethyl adjacent to an activating group) is 1. The van der Waals surface area contributed by atoms with E-state index in [-0.39, 0.29) is 6.10 Å². The fourth-order valence-electron chi connectivity index (χ4n) is 3.70. The number of rotatable bonds is 5. The molecule has 28 heavy (non-hydrogen) atoms. The van der Waals surface area contributed by atoms with E-state index in [0.717, 1.165) is 61.2 Å². The van der Waals surface area contributed by atoms with Crippen molar-refractivity contribution < 1.29 is 5.11 Å². The van der Waals surface area contributed by atoms with Crippen LogP contribution in [0, 0.1) is 0 Å². The Morgan fingerprint density at radius 2 is 1.93 bits per heavy atom. The molecular weight excluding hydrogens is 395 g/mol. The average Bonchev–Trinajstić information content (AvgIpc) is 3.21. The number of anilines is 1. The van der Waals surface area contributed by atoms with E-state index in [4.69, 9.17) is 23.2 Å². The molecule has 1 fully saturated rings. The van der Waals surface area contributed by atoms with Crippen molar-refractivity contribution in [1.82, 2.24) is 15.1 Å². The van der Waals surface area contributed by atoms with Gasteiger partial charge in [0.1, 0.15) is 5.52 Å². The second-order valence-electron chi connectivity index (χ2n) is 7.41. The van der Waals surface area contributed by atoms with Crippen LogP contribution < -0.4 is 4.90 Å². The van der Waals surface area contributed by atoms with E-state index in [0.29, 0.717) is 15.6 Å². The van der Waals surface area contributed by atoms with E-state index in [9.17, 15) is 5.11 Å². The predicted octanol–water partition coefficient (Wildman–Crippen LogP) is 4.43. The van der Waals surface area contributed by atoms with Crippen LogP contribution in [-0.2, 0) is 0 Å². The maximum atomic E-state index is 9.62. The molecule has 3 aromatic rings. The minimum Gasteiger partial charge on any atom is -0.393 e. The number of hydrogen-bond acceptors (Lipinski definition) is 4. The van der Waals surface area contributed by atoms with Crippen LogP contribution in [0.5, 0.6) is 0 Å². The molecule has 2 N–H and O–H groups in total. The van der Waals surface area contributed by atoms with E-state index >= 15 is 0 Å². The highest BCUT2D eigenvalue weighted by atomic mass is 35.5. The number of piperidine rings is 1. The molecule has 4 rings (SSSR count). The maximum absolute atomic E-state index is 9.62. The molecule has 1 aliphatic heterocycles. The van der Waals surface area contributed by atoms with Crippen LogP contribution in [0.2, 0.25) is 10.0 Å². The zero-order chi connectivity index (χ0) is 19.7. The van der Waals surface area contributed by atoms with Crippen molar-refractivity contribution in [1.29, 1.82) is 0 Å². The number of halogens is 2. The van der Waals surface area contributed by atoms with Crippen molar-refractivity contribution in [2.24, 2.45) is 0 Å². The second kappa shape index (κ2) is 8.29. The molecule has 5 nitrogen and oxygen atoms in total. The van der Waals surface area contributed by atoms with Crippen molar-refractivity contribution in [2.45, 2.75) is 18.9 Å². The Bertz CT molecular complexity index is 949. The van der Waals surface area contributed by atoms with Gasteiger partial charge in [0.2, 0.25) is 0 Å². The van der Waals surface area contributed by atoms with Crippen LogP contribution in [0.1, 0.15) is 12.8 Å². The molecule has 0 aliphatic carbocycles. The summed E-state index contributed by atoms with van der Waals surface area (Å²) in [4.78, 5) is 4.67. The molecule has 1 aromatic heterocycles. The average molecular weight is 419 g/mol. The molecule has 7 heteroatoms. The Kier molecular flexibility index (Phi) is 5.78. The summed E-state index contributed by atoms with van der Waals surface area (Å²) in [5, 5.41) is 18.7. The first kappa shape index (κ1) is 19.5. The van der Waals surface area contributed by atoms with Gasteiger partial charge in [-0.2, -0.15) is 5.10 Å². The number of fused-ring (bicyclic) bond motifs is 1. The lowest BCUT2D eigenvalue weighted by molar-refractivity contribution is 0.0840. The summed E-state index contributed by atoms with van der Waals surface area (Å²) in [6.45, 7) is 3.90. The molecule has 0 bridgehead atoms. The summed E-state index contributed by atoms with van der Waals surface area (Å²) in [5.41, 5.74) is 3.74. The topological polar surface area (TPSA) is 55.4 Å². The molecule has 2 aromatic carbocycles. The summed E-state index contributed by atoms with van der Waals surface area (Å²) in [5.74, 6) is 0. The van der Waals surface area contributed by atoms with Gasteiger partial charge in [-0.25, -0.2) is 0 Å². The summed E-state index contributed by atoms with van der Waals surface area (Å²) in [7, 11) is 2.10. The number of likely N-dealkylation sites (tertiary alicyclic amines) is 1. The van der Waals surface area contributed by atoms with Crippen LogP contribution in [0.15, 0.2) is 36.5 Å². The van der Waals surface area contributed by atoms with Gasteiger partial charge in [0.05, 0.1) is 16.1 Å². The van der Waals surface area contributed by atoms with E-state index in [1.807, 2.05) is 6.07 Å². The largest absolute Gasteiger partial charge is 0.393 e. The molecule has 0 unspecified atom stereocenters. The van der Waals surface area contributed by atoms with Crippen LogP contribution in [0.3, 0.4) is 0 Å². The SMILES string of the molecule is CN(CCN1CCC(O)CC1)c1ccc(-c2cc(Cl)c3c[nH]nc3c2Cl)cc1. The minimum atomic E-state index is -0.123. The number of aliphatic hydroxyl groups excluding tert-OH is 1. The normalized spacial score (nSPS) is 16.0. The van der Waals surface area contributed by atoms with Crippen LogP contribution >= 0.6 is 23.2 Å². The van der Waals surface area contributed by atoms with Gasteiger partial charge >= 0.3 is 0 Å². The third kappa shape index (κ3) is 3.98. The maximum Gasteiger partial charge on any atom is 0.113 e. The first-order valence-electron chi connectivity index (χ1n) is 9.56. The van der Waals surface area contributed by atoms with Gasteiger partial charge in [0, 0.05) is 56.1 Å². The first-order valence-corrected chi connectivity index (χ1v) is 10.3. The van der Waals surface area contributed by atoms with Crippen LogP contribution in [-0.4, -0.2) is 59.5 Å². The molecule has 0 atom stereocenters. The lowest BCUT2D eigenvalue weighted by atomic mass is 10.0.